The number of aliphatic hydroxyl groups excluding tert-OH is 2. The molecule has 4 atom stereocenters. The summed E-state index contributed by atoms with van der Waals surface area (Å²) in [6.45, 7) is 2.65. The van der Waals surface area contributed by atoms with E-state index in [0.29, 0.717) is 12.3 Å². The summed E-state index contributed by atoms with van der Waals surface area (Å²) in [6, 6.07) is 29.1. The zero-order chi connectivity index (χ0) is 25.9. The van der Waals surface area contributed by atoms with Crippen molar-refractivity contribution in [1.82, 2.24) is 9.97 Å². The van der Waals surface area contributed by atoms with Crippen molar-refractivity contribution in [2.75, 3.05) is 6.61 Å². The molecule has 0 amide bonds. The average molecular weight is 503 g/mol. The fourth-order valence-electron chi connectivity index (χ4n) is 4.11. The maximum atomic E-state index is 11.4. The first-order valence-corrected chi connectivity index (χ1v) is 12.4. The van der Waals surface area contributed by atoms with E-state index in [-0.39, 0.29) is 19.8 Å². The summed E-state index contributed by atoms with van der Waals surface area (Å²) in [5.74, 6) is 0. The summed E-state index contributed by atoms with van der Waals surface area (Å²) in [6.07, 6.45) is -2.49. The van der Waals surface area contributed by atoms with Gasteiger partial charge in [-0.25, -0.2) is 4.98 Å². The average Bonchev–Trinajstić information content (AvgIpc) is 3.37. The van der Waals surface area contributed by atoms with Crippen LogP contribution in [-0.2, 0) is 34.0 Å². The van der Waals surface area contributed by atoms with Crippen LogP contribution in [0.25, 0.3) is 0 Å². The largest absolute Gasteiger partial charge is 0.388 e. The molecule has 0 aliphatic heterocycles. The number of aromatic amines is 1. The number of rotatable bonds is 14. The van der Waals surface area contributed by atoms with Crippen LogP contribution in [0.5, 0.6) is 0 Å². The van der Waals surface area contributed by atoms with E-state index in [2.05, 4.69) is 9.97 Å². The fraction of sp³-hybridized carbons (Fsp3) is 0.300. The molecule has 0 fully saturated rings. The van der Waals surface area contributed by atoms with Crippen molar-refractivity contribution in [3.63, 3.8) is 0 Å². The van der Waals surface area contributed by atoms with Gasteiger partial charge in [0.05, 0.1) is 38.4 Å². The predicted molar refractivity (Wildman–Crippen MR) is 140 cm³/mol. The van der Waals surface area contributed by atoms with Crippen LogP contribution in [0.15, 0.2) is 97.3 Å². The van der Waals surface area contributed by atoms with Gasteiger partial charge in [-0.2, -0.15) is 0 Å². The van der Waals surface area contributed by atoms with Crippen LogP contribution in [0, 0.1) is 6.92 Å². The van der Waals surface area contributed by atoms with Gasteiger partial charge in [0, 0.05) is 5.69 Å². The van der Waals surface area contributed by atoms with Gasteiger partial charge in [-0.15, -0.1) is 0 Å². The van der Waals surface area contributed by atoms with Gasteiger partial charge in [0.15, 0.2) is 0 Å². The maximum absolute atomic E-state index is 11.4. The van der Waals surface area contributed by atoms with Crippen molar-refractivity contribution >= 4 is 0 Å². The third-order valence-corrected chi connectivity index (χ3v) is 6.13. The SMILES string of the molecule is Cc1[nH]cnc1[C@H](O)[C@H](OCc1ccccc1)[C@H](OCc1ccccc1)[C@H](O)COCc1ccccc1. The Bertz CT molecular complexity index is 1170. The number of aliphatic hydroxyl groups is 2. The molecule has 0 radical (unpaired) electrons. The van der Waals surface area contributed by atoms with Gasteiger partial charge in [0.2, 0.25) is 0 Å². The molecule has 4 rings (SSSR count). The molecule has 3 N–H and O–H groups in total. The summed E-state index contributed by atoms with van der Waals surface area (Å²) in [5, 5.41) is 22.7. The van der Waals surface area contributed by atoms with Gasteiger partial charge in [-0.1, -0.05) is 91.0 Å². The van der Waals surface area contributed by atoms with Crippen LogP contribution < -0.4 is 0 Å². The lowest BCUT2D eigenvalue weighted by atomic mass is 9.99. The molecule has 0 spiro atoms. The van der Waals surface area contributed by atoms with Crippen LogP contribution in [-0.4, -0.2) is 45.1 Å². The summed E-state index contributed by atoms with van der Waals surface area (Å²) in [4.78, 5) is 7.30. The molecule has 0 bridgehead atoms. The second-order valence-electron chi connectivity index (χ2n) is 8.95. The standard InChI is InChI=1S/C30H34N2O5/c1-22-27(32-21-31-22)28(34)30(37-19-25-15-9-4-10-16-25)29(36-18-24-13-7-3-8-14-24)26(33)20-35-17-23-11-5-2-6-12-23/h2-16,21,26,28-30,33-34H,17-20H2,1H3,(H,31,32)/t26-,28+,29-,30+/m1/s1. The summed E-state index contributed by atoms with van der Waals surface area (Å²) in [5.41, 5.74) is 4.05. The van der Waals surface area contributed by atoms with E-state index in [9.17, 15) is 10.2 Å². The minimum Gasteiger partial charge on any atom is -0.388 e. The molecule has 0 aliphatic carbocycles. The van der Waals surface area contributed by atoms with E-state index < -0.39 is 24.4 Å². The first kappa shape index (κ1) is 26.7. The van der Waals surface area contributed by atoms with Crippen LogP contribution in [0.1, 0.15) is 34.2 Å². The van der Waals surface area contributed by atoms with Crippen LogP contribution in [0.2, 0.25) is 0 Å². The smallest absolute Gasteiger partial charge is 0.126 e. The van der Waals surface area contributed by atoms with Gasteiger partial charge < -0.3 is 29.4 Å². The molecule has 37 heavy (non-hydrogen) atoms. The minimum atomic E-state index is -1.14. The second-order valence-corrected chi connectivity index (χ2v) is 8.95. The Morgan fingerprint density at radius 2 is 1.19 bits per heavy atom. The molecule has 7 nitrogen and oxygen atoms in total. The monoisotopic (exact) mass is 502 g/mol. The van der Waals surface area contributed by atoms with E-state index in [1.54, 1.807) is 0 Å². The van der Waals surface area contributed by atoms with Crippen molar-refractivity contribution in [1.29, 1.82) is 0 Å². The Labute approximate surface area is 217 Å². The number of nitrogens with zero attached hydrogens (tertiary/aromatic N) is 1. The highest BCUT2D eigenvalue weighted by atomic mass is 16.6. The highest BCUT2D eigenvalue weighted by molar-refractivity contribution is 5.17. The van der Waals surface area contributed by atoms with Gasteiger partial charge >= 0.3 is 0 Å². The first-order valence-electron chi connectivity index (χ1n) is 12.4. The number of hydrogen-bond acceptors (Lipinski definition) is 6. The number of aryl methyl sites for hydroxylation is 1. The lowest BCUT2D eigenvalue weighted by Crippen LogP contribution is -2.46. The summed E-state index contributed by atoms with van der Waals surface area (Å²) in [7, 11) is 0. The number of nitrogens with one attached hydrogen (secondary N) is 1. The molecule has 3 aromatic carbocycles. The maximum Gasteiger partial charge on any atom is 0.126 e. The molecule has 0 saturated carbocycles. The topological polar surface area (TPSA) is 96.8 Å². The van der Waals surface area contributed by atoms with E-state index in [1.165, 1.54) is 6.33 Å². The van der Waals surface area contributed by atoms with Crippen molar-refractivity contribution in [2.45, 2.75) is 51.2 Å². The number of hydrogen-bond donors (Lipinski definition) is 3. The van der Waals surface area contributed by atoms with Crippen molar-refractivity contribution < 1.29 is 24.4 Å². The van der Waals surface area contributed by atoms with Gasteiger partial charge in [0.1, 0.15) is 24.4 Å². The molecule has 7 heteroatoms. The quantitative estimate of drug-likeness (QED) is 0.235. The van der Waals surface area contributed by atoms with E-state index in [1.807, 2.05) is 97.9 Å². The van der Waals surface area contributed by atoms with Gasteiger partial charge in [-0.3, -0.25) is 0 Å². The van der Waals surface area contributed by atoms with E-state index >= 15 is 0 Å². The van der Waals surface area contributed by atoms with E-state index in [4.69, 9.17) is 14.2 Å². The molecule has 194 valence electrons. The Morgan fingerprint density at radius 1 is 0.703 bits per heavy atom. The highest BCUT2D eigenvalue weighted by Crippen LogP contribution is 2.27. The molecular formula is C30H34N2O5. The Morgan fingerprint density at radius 3 is 1.68 bits per heavy atom. The Balaban J connectivity index is 1.55. The molecular weight excluding hydrogens is 468 g/mol. The van der Waals surface area contributed by atoms with Crippen molar-refractivity contribution in [3.05, 3.63) is 125 Å². The van der Waals surface area contributed by atoms with Crippen molar-refractivity contribution in [3.8, 4) is 0 Å². The molecule has 0 saturated heterocycles. The van der Waals surface area contributed by atoms with Gasteiger partial charge in [-0.05, 0) is 23.6 Å². The van der Waals surface area contributed by atoms with Crippen LogP contribution in [0.4, 0.5) is 0 Å². The van der Waals surface area contributed by atoms with Gasteiger partial charge in [0.25, 0.3) is 0 Å². The predicted octanol–water partition coefficient (Wildman–Crippen LogP) is 4.50. The third kappa shape index (κ3) is 7.82. The highest BCUT2D eigenvalue weighted by Gasteiger charge is 2.38. The third-order valence-electron chi connectivity index (χ3n) is 6.13. The minimum absolute atomic E-state index is 0.00577. The van der Waals surface area contributed by atoms with Crippen LogP contribution in [0.3, 0.4) is 0 Å². The molecule has 4 aromatic rings. The van der Waals surface area contributed by atoms with Crippen molar-refractivity contribution in [2.24, 2.45) is 0 Å². The fourth-order valence-corrected chi connectivity index (χ4v) is 4.11. The number of imidazole rings is 1. The second kappa shape index (κ2) is 13.8. The number of H-pyrrole nitrogens is 1. The number of benzene rings is 3. The number of aromatic nitrogens is 2. The molecule has 1 heterocycles. The zero-order valence-electron chi connectivity index (χ0n) is 20.9. The Hall–Kier alpha value is -3.33. The lowest BCUT2D eigenvalue weighted by molar-refractivity contribution is -0.178. The molecule has 1 aromatic heterocycles. The Kier molecular flexibility index (Phi) is 9.99. The summed E-state index contributed by atoms with van der Waals surface area (Å²) >= 11 is 0. The number of ether oxygens (including phenoxy) is 3. The molecule has 0 aliphatic rings. The summed E-state index contributed by atoms with van der Waals surface area (Å²) < 4.78 is 18.3. The first-order chi connectivity index (χ1) is 18.1. The molecule has 0 unspecified atom stereocenters. The zero-order valence-corrected chi connectivity index (χ0v) is 20.9. The lowest BCUT2D eigenvalue weighted by Gasteiger charge is -2.33. The van der Waals surface area contributed by atoms with Crippen LogP contribution >= 0.6 is 0 Å². The normalized spacial score (nSPS) is 14.7. The van der Waals surface area contributed by atoms with E-state index in [0.717, 1.165) is 22.4 Å².